The van der Waals surface area contributed by atoms with Crippen LogP contribution in [-0.4, -0.2) is 49.1 Å². The van der Waals surface area contributed by atoms with E-state index in [1.54, 1.807) is 41.3 Å². The molecule has 12 heteroatoms. The number of hydrogen-bond donors (Lipinski definition) is 1. The summed E-state index contributed by atoms with van der Waals surface area (Å²) in [6.07, 6.45) is -4.92. The van der Waals surface area contributed by atoms with Gasteiger partial charge < -0.3 is 19.5 Å². The monoisotopic (exact) mass is 545 g/mol. The van der Waals surface area contributed by atoms with Crippen LogP contribution < -0.4 is 10.2 Å². The summed E-state index contributed by atoms with van der Waals surface area (Å²) in [6.45, 7) is 0.0636. The van der Waals surface area contributed by atoms with E-state index in [2.05, 4.69) is 5.32 Å². The Morgan fingerprint density at radius 1 is 0.886 bits per heavy atom. The van der Waals surface area contributed by atoms with Gasteiger partial charge in [-0.3, -0.25) is 9.59 Å². The van der Waals surface area contributed by atoms with Gasteiger partial charge in [0, 0.05) is 41.8 Å². The molecule has 35 heavy (non-hydrogen) atoms. The molecule has 1 N–H and O–H groups in total. The highest BCUT2D eigenvalue weighted by atomic mass is 35.5. The van der Waals surface area contributed by atoms with Crippen molar-refractivity contribution in [3.8, 4) is 11.3 Å². The van der Waals surface area contributed by atoms with Crippen molar-refractivity contribution in [3.63, 3.8) is 0 Å². The summed E-state index contributed by atoms with van der Waals surface area (Å²) in [5.41, 5.74) is 1.46. The van der Waals surface area contributed by atoms with Gasteiger partial charge in [0.2, 0.25) is 0 Å². The van der Waals surface area contributed by atoms with Gasteiger partial charge in [-0.05, 0) is 48.5 Å². The number of nitrogens with one attached hydrogen (secondary N) is 1. The molecule has 0 radical (unpaired) electrons. The summed E-state index contributed by atoms with van der Waals surface area (Å²) in [4.78, 5) is 26.9. The maximum atomic E-state index is 12.9. The van der Waals surface area contributed by atoms with Crippen LogP contribution in [0.3, 0.4) is 0 Å². The lowest BCUT2D eigenvalue weighted by Gasteiger charge is -2.37. The van der Waals surface area contributed by atoms with Crippen LogP contribution in [-0.2, 0) is 4.79 Å². The third-order valence-electron chi connectivity index (χ3n) is 5.38. The Kier molecular flexibility index (Phi) is 7.21. The van der Waals surface area contributed by atoms with E-state index < -0.39 is 18.0 Å². The molecular weight excluding hydrogens is 530 g/mol. The number of nitrogens with zero attached hydrogens (tertiary/aromatic N) is 2. The quantitative estimate of drug-likeness (QED) is 0.413. The van der Waals surface area contributed by atoms with Crippen LogP contribution in [0.5, 0.6) is 0 Å². The van der Waals surface area contributed by atoms with Crippen molar-refractivity contribution in [1.82, 2.24) is 4.90 Å². The smallest absolute Gasteiger partial charge is 0.451 e. The number of piperazine rings is 1. The maximum absolute atomic E-state index is 12.9. The number of hydrogen-bond acceptors (Lipinski definition) is 4. The third-order valence-corrected chi connectivity index (χ3v) is 6.17. The molecule has 2 heterocycles. The Morgan fingerprint density at radius 3 is 2.20 bits per heavy atom. The zero-order chi connectivity index (χ0) is 25.3. The predicted molar refractivity (Wildman–Crippen MR) is 128 cm³/mol. The molecule has 184 valence electrons. The molecule has 0 spiro atoms. The van der Waals surface area contributed by atoms with Crippen molar-refractivity contribution >= 4 is 58.0 Å². The first kappa shape index (κ1) is 25.2. The van der Waals surface area contributed by atoms with E-state index >= 15 is 0 Å². The van der Waals surface area contributed by atoms with Gasteiger partial charge >= 0.3 is 12.1 Å². The van der Waals surface area contributed by atoms with E-state index in [0.717, 1.165) is 4.90 Å². The van der Waals surface area contributed by atoms with Gasteiger partial charge in [-0.1, -0.05) is 34.8 Å². The molecule has 1 aliphatic rings. The van der Waals surface area contributed by atoms with Crippen molar-refractivity contribution in [2.75, 3.05) is 36.4 Å². The molecule has 0 aliphatic carbocycles. The van der Waals surface area contributed by atoms with E-state index in [1.165, 1.54) is 12.1 Å². The summed E-state index contributed by atoms with van der Waals surface area (Å²) in [5, 5.41) is 3.91. The minimum Gasteiger partial charge on any atom is -0.451 e. The average molecular weight is 547 g/mol. The number of benzene rings is 2. The molecule has 1 aromatic heterocycles. The fourth-order valence-corrected chi connectivity index (χ4v) is 4.37. The average Bonchev–Trinajstić information content (AvgIpc) is 3.28. The second-order valence-electron chi connectivity index (χ2n) is 7.68. The normalized spacial score (nSPS) is 14.2. The van der Waals surface area contributed by atoms with Crippen molar-refractivity contribution in [1.29, 1.82) is 0 Å². The fraction of sp³-hybridized carbons (Fsp3) is 0.217. The fourth-order valence-electron chi connectivity index (χ4n) is 3.69. The molecule has 6 nitrogen and oxygen atoms in total. The first-order chi connectivity index (χ1) is 16.5. The lowest BCUT2D eigenvalue weighted by atomic mass is 10.2. The van der Waals surface area contributed by atoms with Crippen molar-refractivity contribution < 1.29 is 27.2 Å². The number of carbonyl (C=O) groups excluding carboxylic acids is 2. The zero-order valence-corrected chi connectivity index (χ0v) is 20.1. The molecule has 0 saturated carbocycles. The summed E-state index contributed by atoms with van der Waals surface area (Å²) >= 11 is 18.2. The van der Waals surface area contributed by atoms with Crippen molar-refractivity contribution in [2.45, 2.75) is 6.18 Å². The Morgan fingerprint density at radius 2 is 1.54 bits per heavy atom. The molecule has 0 unspecified atom stereocenters. The highest BCUT2D eigenvalue weighted by Gasteiger charge is 2.43. The number of halogens is 6. The molecule has 1 saturated heterocycles. The summed E-state index contributed by atoms with van der Waals surface area (Å²) in [5.74, 6) is -2.04. The van der Waals surface area contributed by atoms with Crippen molar-refractivity contribution in [3.05, 3.63) is 69.4 Å². The second-order valence-corrected chi connectivity index (χ2v) is 8.96. The Bertz CT molecular complexity index is 1270. The molecular formula is C23H17Cl3F3N3O3. The number of rotatable bonds is 4. The van der Waals surface area contributed by atoms with Crippen LogP contribution in [0.2, 0.25) is 15.1 Å². The SMILES string of the molecule is O=C(Nc1cc(Cl)ccc1N1CCN(C(=O)C(F)(F)F)CC1)c1ccc(-c2ccc(Cl)cc2Cl)o1. The summed E-state index contributed by atoms with van der Waals surface area (Å²) in [7, 11) is 0. The van der Waals surface area contributed by atoms with E-state index in [0.29, 0.717) is 37.8 Å². The summed E-state index contributed by atoms with van der Waals surface area (Å²) < 4.78 is 43.9. The van der Waals surface area contributed by atoms with Gasteiger partial charge in [0.15, 0.2) is 5.76 Å². The van der Waals surface area contributed by atoms with E-state index in [9.17, 15) is 22.8 Å². The van der Waals surface area contributed by atoms with E-state index in [1.807, 2.05) is 0 Å². The Balaban J connectivity index is 1.50. The van der Waals surface area contributed by atoms with Gasteiger partial charge in [-0.25, -0.2) is 0 Å². The standard InChI is InChI=1S/C23H17Cl3F3N3O3/c24-13-1-3-15(16(26)11-13)19-5-6-20(35-19)21(33)30-17-12-14(25)2-4-18(17)31-7-9-32(10-8-31)22(34)23(27,28)29/h1-6,11-12H,7-10H2,(H,30,33). The van der Waals surface area contributed by atoms with Gasteiger partial charge in [0.25, 0.3) is 5.91 Å². The van der Waals surface area contributed by atoms with Crippen LogP contribution >= 0.6 is 34.8 Å². The predicted octanol–water partition coefficient (Wildman–Crippen LogP) is 6.37. The minimum atomic E-state index is -4.92. The van der Waals surface area contributed by atoms with Crippen molar-refractivity contribution in [2.24, 2.45) is 0 Å². The Labute approximate surface area is 213 Å². The number of alkyl halides is 3. The van der Waals surface area contributed by atoms with Gasteiger partial charge in [0.1, 0.15) is 5.76 Å². The largest absolute Gasteiger partial charge is 0.471 e. The maximum Gasteiger partial charge on any atom is 0.471 e. The molecule has 1 aliphatic heterocycles. The number of carbonyl (C=O) groups is 2. The van der Waals surface area contributed by atoms with Gasteiger partial charge in [-0.2, -0.15) is 13.2 Å². The van der Waals surface area contributed by atoms with Crippen LogP contribution in [0.25, 0.3) is 11.3 Å². The van der Waals surface area contributed by atoms with Crippen LogP contribution in [0, 0.1) is 0 Å². The third kappa shape index (κ3) is 5.69. The highest BCUT2D eigenvalue weighted by Crippen LogP contribution is 2.33. The van der Waals surface area contributed by atoms with Crippen LogP contribution in [0.4, 0.5) is 24.5 Å². The number of amides is 2. The highest BCUT2D eigenvalue weighted by molar-refractivity contribution is 6.36. The Hall–Kier alpha value is -2.88. The topological polar surface area (TPSA) is 65.8 Å². The lowest BCUT2D eigenvalue weighted by molar-refractivity contribution is -0.185. The van der Waals surface area contributed by atoms with E-state index in [4.69, 9.17) is 39.2 Å². The second kappa shape index (κ2) is 10.0. The molecule has 4 rings (SSSR count). The molecule has 2 aromatic carbocycles. The lowest BCUT2D eigenvalue weighted by Crippen LogP contribution is -2.52. The molecule has 3 aromatic rings. The molecule has 0 atom stereocenters. The van der Waals surface area contributed by atoms with Gasteiger partial charge in [0.05, 0.1) is 16.4 Å². The first-order valence-electron chi connectivity index (χ1n) is 10.3. The van der Waals surface area contributed by atoms with Crippen LogP contribution in [0.1, 0.15) is 10.6 Å². The minimum absolute atomic E-state index is 0.0116. The van der Waals surface area contributed by atoms with Crippen LogP contribution in [0.15, 0.2) is 52.9 Å². The van der Waals surface area contributed by atoms with E-state index in [-0.39, 0.29) is 31.9 Å². The summed E-state index contributed by atoms with van der Waals surface area (Å²) in [6, 6.07) is 12.7. The van der Waals surface area contributed by atoms with Gasteiger partial charge in [-0.15, -0.1) is 0 Å². The number of furan rings is 1. The molecule has 2 amide bonds. The zero-order valence-electron chi connectivity index (χ0n) is 17.8. The molecule has 0 bridgehead atoms. The molecule has 1 fully saturated rings. The first-order valence-corrected chi connectivity index (χ1v) is 11.4. The number of anilines is 2.